The maximum atomic E-state index is 12.0. The number of hydrogen-bond donors (Lipinski definition) is 2. The van der Waals surface area contributed by atoms with Crippen LogP contribution in [0.15, 0.2) is 18.2 Å². The Morgan fingerprint density at radius 2 is 1.70 bits per heavy atom. The van der Waals surface area contributed by atoms with E-state index in [1.807, 2.05) is 39.8 Å². The van der Waals surface area contributed by atoms with Gasteiger partial charge < -0.3 is 15.4 Å². The van der Waals surface area contributed by atoms with Crippen LogP contribution in [0.5, 0.6) is 0 Å². The molecule has 1 heterocycles. The van der Waals surface area contributed by atoms with E-state index in [4.69, 9.17) is 17.0 Å². The Morgan fingerprint density at radius 3 is 2.26 bits per heavy atom. The SMILES string of the molecule is COC(=O)c1c(NC(=S)Nc2cc(C)cc(C)c2)sc(C)c1C. The van der Waals surface area contributed by atoms with E-state index in [2.05, 4.69) is 16.7 Å². The zero-order chi connectivity index (χ0) is 17.1. The molecule has 23 heavy (non-hydrogen) atoms. The third-order valence-electron chi connectivity index (χ3n) is 3.48. The van der Waals surface area contributed by atoms with Crippen molar-refractivity contribution in [2.24, 2.45) is 0 Å². The zero-order valence-electron chi connectivity index (χ0n) is 13.9. The number of thiophene rings is 1. The molecule has 0 saturated heterocycles. The van der Waals surface area contributed by atoms with Crippen LogP contribution in [0, 0.1) is 27.7 Å². The number of aryl methyl sites for hydroxylation is 3. The molecule has 0 fully saturated rings. The molecule has 0 amide bonds. The number of carbonyl (C=O) groups is 1. The van der Waals surface area contributed by atoms with Crippen molar-refractivity contribution >= 4 is 45.3 Å². The van der Waals surface area contributed by atoms with Crippen LogP contribution in [0.4, 0.5) is 10.7 Å². The molecular formula is C17H20N2O2S2. The van der Waals surface area contributed by atoms with Gasteiger partial charge in [-0.3, -0.25) is 0 Å². The summed E-state index contributed by atoms with van der Waals surface area (Å²) in [6.07, 6.45) is 0. The lowest BCUT2D eigenvalue weighted by Gasteiger charge is -2.12. The summed E-state index contributed by atoms with van der Waals surface area (Å²) in [5.41, 5.74) is 4.70. The van der Waals surface area contributed by atoms with Gasteiger partial charge in [0.1, 0.15) is 5.00 Å². The molecule has 0 radical (unpaired) electrons. The molecule has 0 unspecified atom stereocenters. The van der Waals surface area contributed by atoms with Crippen molar-refractivity contribution in [1.29, 1.82) is 0 Å². The van der Waals surface area contributed by atoms with E-state index >= 15 is 0 Å². The maximum absolute atomic E-state index is 12.0. The first-order valence-electron chi connectivity index (χ1n) is 7.16. The fourth-order valence-electron chi connectivity index (χ4n) is 2.38. The van der Waals surface area contributed by atoms with Crippen LogP contribution in [0.2, 0.25) is 0 Å². The highest BCUT2D eigenvalue weighted by molar-refractivity contribution is 7.80. The van der Waals surface area contributed by atoms with Gasteiger partial charge in [-0.25, -0.2) is 4.79 Å². The minimum absolute atomic E-state index is 0.358. The van der Waals surface area contributed by atoms with E-state index in [9.17, 15) is 4.79 Å². The zero-order valence-corrected chi connectivity index (χ0v) is 15.5. The summed E-state index contributed by atoms with van der Waals surface area (Å²) in [4.78, 5) is 13.0. The standard InChI is InChI=1S/C17H20N2O2S2/c1-9-6-10(2)8-13(7-9)18-17(22)19-15-14(16(20)21-5)11(3)12(4)23-15/h6-8H,1-5H3,(H2,18,19,22). The number of esters is 1. The average molecular weight is 348 g/mol. The highest BCUT2D eigenvalue weighted by atomic mass is 32.1. The topological polar surface area (TPSA) is 50.4 Å². The summed E-state index contributed by atoms with van der Waals surface area (Å²) in [5, 5.41) is 7.42. The van der Waals surface area contributed by atoms with Crippen molar-refractivity contribution in [3.8, 4) is 0 Å². The monoisotopic (exact) mass is 348 g/mol. The lowest BCUT2D eigenvalue weighted by molar-refractivity contribution is 0.0601. The molecule has 6 heteroatoms. The molecule has 2 N–H and O–H groups in total. The highest BCUT2D eigenvalue weighted by Gasteiger charge is 2.20. The number of carbonyl (C=O) groups excluding carboxylic acids is 1. The van der Waals surface area contributed by atoms with E-state index in [1.165, 1.54) is 18.4 Å². The molecular weight excluding hydrogens is 328 g/mol. The quantitative estimate of drug-likeness (QED) is 0.628. The third-order valence-corrected chi connectivity index (χ3v) is 4.81. The second-order valence-electron chi connectivity index (χ2n) is 5.43. The minimum atomic E-state index is -0.358. The summed E-state index contributed by atoms with van der Waals surface area (Å²) in [6.45, 7) is 7.95. The van der Waals surface area contributed by atoms with Gasteiger partial charge in [-0.2, -0.15) is 0 Å². The highest BCUT2D eigenvalue weighted by Crippen LogP contribution is 2.33. The van der Waals surface area contributed by atoms with E-state index in [-0.39, 0.29) is 5.97 Å². The molecule has 1 aromatic heterocycles. The van der Waals surface area contributed by atoms with E-state index in [0.717, 1.165) is 27.3 Å². The fraction of sp³-hybridized carbons (Fsp3) is 0.294. The fourth-order valence-corrected chi connectivity index (χ4v) is 3.71. The summed E-state index contributed by atoms with van der Waals surface area (Å²) in [5.74, 6) is -0.358. The van der Waals surface area contributed by atoms with Gasteiger partial charge in [-0.05, 0) is 68.7 Å². The van der Waals surface area contributed by atoms with Gasteiger partial charge in [0, 0.05) is 10.6 Å². The second kappa shape index (κ2) is 7.10. The summed E-state index contributed by atoms with van der Waals surface area (Å²) < 4.78 is 4.87. The van der Waals surface area contributed by atoms with Gasteiger partial charge in [0.15, 0.2) is 5.11 Å². The van der Waals surface area contributed by atoms with Crippen molar-refractivity contribution in [2.45, 2.75) is 27.7 Å². The second-order valence-corrected chi connectivity index (χ2v) is 7.07. The Kier molecular flexibility index (Phi) is 5.38. The maximum Gasteiger partial charge on any atom is 0.341 e. The Morgan fingerprint density at radius 1 is 1.09 bits per heavy atom. The van der Waals surface area contributed by atoms with Gasteiger partial charge in [-0.1, -0.05) is 6.07 Å². The molecule has 0 aliphatic heterocycles. The van der Waals surface area contributed by atoms with Crippen LogP contribution >= 0.6 is 23.6 Å². The Balaban J connectivity index is 2.20. The smallest absolute Gasteiger partial charge is 0.341 e. The van der Waals surface area contributed by atoms with Crippen molar-refractivity contribution in [3.05, 3.63) is 45.3 Å². The molecule has 0 saturated carbocycles. The van der Waals surface area contributed by atoms with E-state index < -0.39 is 0 Å². The predicted molar refractivity (Wildman–Crippen MR) is 101 cm³/mol. The van der Waals surface area contributed by atoms with Crippen LogP contribution in [-0.2, 0) is 4.74 Å². The molecule has 4 nitrogen and oxygen atoms in total. The Hall–Kier alpha value is -1.92. The first-order valence-corrected chi connectivity index (χ1v) is 8.39. The van der Waals surface area contributed by atoms with Gasteiger partial charge in [-0.15, -0.1) is 11.3 Å². The van der Waals surface area contributed by atoms with Crippen molar-refractivity contribution < 1.29 is 9.53 Å². The summed E-state index contributed by atoms with van der Waals surface area (Å²) in [7, 11) is 1.38. The normalized spacial score (nSPS) is 10.3. The molecule has 0 aliphatic carbocycles. The summed E-state index contributed by atoms with van der Waals surface area (Å²) >= 11 is 6.86. The molecule has 122 valence electrons. The third kappa shape index (κ3) is 4.09. The number of thiocarbonyl (C=S) groups is 1. The van der Waals surface area contributed by atoms with Gasteiger partial charge >= 0.3 is 5.97 Å². The van der Waals surface area contributed by atoms with Crippen LogP contribution in [-0.4, -0.2) is 18.2 Å². The van der Waals surface area contributed by atoms with Crippen LogP contribution in [0.1, 0.15) is 31.9 Å². The van der Waals surface area contributed by atoms with E-state index in [1.54, 1.807) is 0 Å². The molecule has 0 atom stereocenters. The summed E-state index contributed by atoms with van der Waals surface area (Å²) in [6, 6.07) is 6.14. The largest absolute Gasteiger partial charge is 0.465 e. The van der Waals surface area contributed by atoms with Crippen molar-refractivity contribution in [2.75, 3.05) is 17.7 Å². The Labute approximate surface area is 145 Å². The first-order chi connectivity index (χ1) is 10.8. The lowest BCUT2D eigenvalue weighted by atomic mass is 10.1. The average Bonchev–Trinajstić information content (AvgIpc) is 2.71. The number of hydrogen-bond acceptors (Lipinski definition) is 4. The molecule has 0 bridgehead atoms. The van der Waals surface area contributed by atoms with Gasteiger partial charge in [0.25, 0.3) is 0 Å². The minimum Gasteiger partial charge on any atom is -0.465 e. The molecule has 2 rings (SSSR count). The van der Waals surface area contributed by atoms with Crippen LogP contribution < -0.4 is 10.6 Å². The van der Waals surface area contributed by atoms with Crippen LogP contribution in [0.3, 0.4) is 0 Å². The number of methoxy groups -OCH3 is 1. The van der Waals surface area contributed by atoms with Crippen LogP contribution in [0.25, 0.3) is 0 Å². The van der Waals surface area contributed by atoms with Gasteiger partial charge in [0.05, 0.1) is 12.7 Å². The number of benzene rings is 1. The number of anilines is 2. The molecule has 0 aliphatic rings. The molecule has 2 aromatic rings. The molecule has 1 aromatic carbocycles. The lowest BCUT2D eigenvalue weighted by Crippen LogP contribution is -2.20. The Bertz CT molecular complexity index is 746. The van der Waals surface area contributed by atoms with E-state index in [0.29, 0.717) is 15.7 Å². The molecule has 0 spiro atoms. The number of nitrogens with one attached hydrogen (secondary N) is 2. The van der Waals surface area contributed by atoms with Crippen molar-refractivity contribution in [3.63, 3.8) is 0 Å². The predicted octanol–water partition coefficient (Wildman–Crippen LogP) is 4.58. The van der Waals surface area contributed by atoms with Crippen molar-refractivity contribution in [1.82, 2.24) is 0 Å². The van der Waals surface area contributed by atoms with Gasteiger partial charge in [0.2, 0.25) is 0 Å². The first kappa shape index (κ1) is 17.4. The number of ether oxygens (including phenoxy) is 1. The number of rotatable bonds is 3.